The summed E-state index contributed by atoms with van der Waals surface area (Å²) >= 11 is 0. The zero-order valence-corrected chi connectivity index (χ0v) is 10.3. The lowest BCUT2D eigenvalue weighted by atomic mass is 9.48. The highest BCUT2D eigenvalue weighted by Gasteiger charge is 2.57. The maximum atomic E-state index is 11.4. The van der Waals surface area contributed by atoms with E-state index in [1.165, 1.54) is 6.08 Å². The first-order valence-corrected chi connectivity index (χ1v) is 6.58. The Balaban J connectivity index is 1.82. The number of esters is 1. The van der Waals surface area contributed by atoms with E-state index in [9.17, 15) is 14.7 Å². The summed E-state index contributed by atoms with van der Waals surface area (Å²) < 4.78 is 5.43. The van der Waals surface area contributed by atoms with E-state index in [1.54, 1.807) is 0 Å². The molecule has 0 spiro atoms. The fourth-order valence-electron chi connectivity index (χ4n) is 4.60. The van der Waals surface area contributed by atoms with Crippen LogP contribution in [-0.2, 0) is 14.3 Å². The largest absolute Gasteiger partial charge is 0.550 e. The van der Waals surface area contributed by atoms with Crippen molar-refractivity contribution in [1.29, 1.82) is 0 Å². The SMILES string of the molecule is C=CC(=O)OC1C2CC3CC1CC(C(=O)[O-])(C3)C2. The van der Waals surface area contributed by atoms with Gasteiger partial charge in [0.05, 0.1) is 0 Å². The molecule has 0 aromatic carbocycles. The van der Waals surface area contributed by atoms with Gasteiger partial charge in [0, 0.05) is 17.5 Å². The molecule has 0 aromatic heterocycles. The van der Waals surface area contributed by atoms with E-state index in [0.29, 0.717) is 18.8 Å². The van der Waals surface area contributed by atoms with Crippen molar-refractivity contribution in [1.82, 2.24) is 0 Å². The molecule has 0 aliphatic heterocycles. The molecule has 4 saturated carbocycles. The molecule has 4 aliphatic carbocycles. The van der Waals surface area contributed by atoms with Crippen molar-refractivity contribution in [2.45, 2.75) is 38.2 Å². The summed E-state index contributed by atoms with van der Waals surface area (Å²) in [5.41, 5.74) is -0.645. The molecule has 0 amide bonds. The third-order valence-electron chi connectivity index (χ3n) is 5.04. The highest BCUT2D eigenvalue weighted by atomic mass is 16.5. The van der Waals surface area contributed by atoms with Crippen LogP contribution in [0.4, 0.5) is 0 Å². The van der Waals surface area contributed by atoms with Gasteiger partial charge in [-0.05, 0) is 49.9 Å². The molecule has 4 nitrogen and oxygen atoms in total. The maximum absolute atomic E-state index is 11.4. The van der Waals surface area contributed by atoms with Crippen LogP contribution in [0, 0.1) is 23.2 Å². The molecule has 4 rings (SSSR count). The second kappa shape index (κ2) is 3.84. The lowest BCUT2D eigenvalue weighted by molar-refractivity contribution is -0.329. The zero-order valence-electron chi connectivity index (χ0n) is 10.3. The van der Waals surface area contributed by atoms with E-state index in [2.05, 4.69) is 6.58 Å². The van der Waals surface area contributed by atoms with Crippen molar-refractivity contribution in [3.63, 3.8) is 0 Å². The predicted octanol–water partition coefficient (Wildman–Crippen LogP) is 0.660. The minimum absolute atomic E-state index is 0.112. The van der Waals surface area contributed by atoms with Gasteiger partial charge >= 0.3 is 5.97 Å². The molecule has 18 heavy (non-hydrogen) atoms. The van der Waals surface area contributed by atoms with Crippen molar-refractivity contribution in [3.05, 3.63) is 12.7 Å². The van der Waals surface area contributed by atoms with Gasteiger partial charge in [0.15, 0.2) is 0 Å². The monoisotopic (exact) mass is 249 g/mol. The van der Waals surface area contributed by atoms with Crippen LogP contribution in [0.25, 0.3) is 0 Å². The van der Waals surface area contributed by atoms with E-state index >= 15 is 0 Å². The number of ether oxygens (including phenoxy) is 1. The molecule has 2 unspecified atom stereocenters. The molecule has 4 fully saturated rings. The quantitative estimate of drug-likeness (QED) is 0.544. The van der Waals surface area contributed by atoms with Crippen LogP contribution in [-0.4, -0.2) is 18.0 Å². The highest BCUT2D eigenvalue weighted by molar-refractivity contribution is 5.81. The Morgan fingerprint density at radius 2 is 1.83 bits per heavy atom. The van der Waals surface area contributed by atoms with Crippen molar-refractivity contribution in [2.24, 2.45) is 23.2 Å². The summed E-state index contributed by atoms with van der Waals surface area (Å²) in [6, 6.07) is 0. The molecule has 4 heteroatoms. The molecule has 98 valence electrons. The fraction of sp³-hybridized carbons (Fsp3) is 0.714. The number of carbonyl (C=O) groups excluding carboxylic acids is 2. The second-order valence-electron chi connectivity index (χ2n) is 6.14. The van der Waals surface area contributed by atoms with Crippen molar-refractivity contribution < 1.29 is 19.4 Å². The van der Waals surface area contributed by atoms with Gasteiger partial charge in [-0.2, -0.15) is 0 Å². The molecule has 0 N–H and O–H groups in total. The first-order chi connectivity index (χ1) is 8.54. The van der Waals surface area contributed by atoms with Crippen LogP contribution in [0.5, 0.6) is 0 Å². The molecule has 0 saturated heterocycles. The summed E-state index contributed by atoms with van der Waals surface area (Å²) in [5.74, 6) is -0.444. The Morgan fingerprint density at radius 1 is 1.22 bits per heavy atom. The molecular formula is C14H17O4-. The summed E-state index contributed by atoms with van der Waals surface area (Å²) in [6.45, 7) is 3.41. The van der Waals surface area contributed by atoms with Crippen LogP contribution < -0.4 is 5.11 Å². The Labute approximate surface area is 106 Å². The van der Waals surface area contributed by atoms with E-state index in [1.807, 2.05) is 0 Å². The number of carbonyl (C=O) groups is 2. The van der Waals surface area contributed by atoms with Gasteiger partial charge in [0.2, 0.25) is 0 Å². The van der Waals surface area contributed by atoms with E-state index < -0.39 is 17.4 Å². The summed E-state index contributed by atoms with van der Waals surface area (Å²) in [4.78, 5) is 22.8. The van der Waals surface area contributed by atoms with Crippen LogP contribution in [0.15, 0.2) is 12.7 Å². The van der Waals surface area contributed by atoms with E-state index in [0.717, 1.165) is 19.3 Å². The average molecular weight is 249 g/mol. The highest BCUT2D eigenvalue weighted by Crippen LogP contribution is 2.60. The number of carboxylic acid groups (broad SMARTS) is 1. The minimum Gasteiger partial charge on any atom is -0.550 e. The zero-order chi connectivity index (χ0) is 12.9. The molecule has 0 radical (unpaired) electrons. The van der Waals surface area contributed by atoms with Gasteiger partial charge in [-0.3, -0.25) is 0 Å². The van der Waals surface area contributed by atoms with Gasteiger partial charge in [0.1, 0.15) is 6.10 Å². The van der Waals surface area contributed by atoms with Crippen LogP contribution in [0.1, 0.15) is 32.1 Å². The second-order valence-corrected chi connectivity index (χ2v) is 6.14. The third-order valence-corrected chi connectivity index (χ3v) is 5.04. The molecule has 0 heterocycles. The van der Waals surface area contributed by atoms with Gasteiger partial charge in [0.25, 0.3) is 0 Å². The topological polar surface area (TPSA) is 66.4 Å². The predicted molar refractivity (Wildman–Crippen MR) is 61.1 cm³/mol. The summed E-state index contributed by atoms with van der Waals surface area (Å²) in [5, 5.41) is 11.4. The van der Waals surface area contributed by atoms with Crippen molar-refractivity contribution >= 4 is 11.9 Å². The van der Waals surface area contributed by atoms with Gasteiger partial charge in [-0.15, -0.1) is 0 Å². The smallest absolute Gasteiger partial charge is 0.330 e. The molecule has 0 aromatic rings. The Morgan fingerprint density at radius 3 is 2.33 bits per heavy atom. The van der Waals surface area contributed by atoms with Crippen LogP contribution in [0.3, 0.4) is 0 Å². The third kappa shape index (κ3) is 1.58. The number of hydrogen-bond acceptors (Lipinski definition) is 4. The number of aliphatic carboxylic acids is 1. The average Bonchev–Trinajstić information content (AvgIpc) is 2.32. The van der Waals surface area contributed by atoms with Crippen molar-refractivity contribution in [3.8, 4) is 0 Å². The van der Waals surface area contributed by atoms with Crippen LogP contribution >= 0.6 is 0 Å². The first kappa shape index (κ1) is 11.8. The normalized spacial score (nSPS) is 44.7. The van der Waals surface area contributed by atoms with Crippen molar-refractivity contribution in [2.75, 3.05) is 0 Å². The van der Waals surface area contributed by atoms with Crippen LogP contribution in [0.2, 0.25) is 0 Å². The maximum Gasteiger partial charge on any atom is 0.330 e. The number of carboxylic acids is 1. The van der Waals surface area contributed by atoms with Gasteiger partial charge < -0.3 is 14.6 Å². The lowest BCUT2D eigenvalue weighted by Gasteiger charge is -2.59. The minimum atomic E-state index is -0.907. The van der Waals surface area contributed by atoms with Gasteiger partial charge in [-0.25, -0.2) is 4.79 Å². The summed E-state index contributed by atoms with van der Waals surface area (Å²) in [7, 11) is 0. The lowest BCUT2D eigenvalue weighted by Crippen LogP contribution is -2.59. The Hall–Kier alpha value is -1.32. The Kier molecular flexibility index (Phi) is 2.50. The molecular weight excluding hydrogens is 232 g/mol. The van der Waals surface area contributed by atoms with Gasteiger partial charge in [-0.1, -0.05) is 6.58 Å². The van der Waals surface area contributed by atoms with E-state index in [4.69, 9.17) is 4.74 Å². The standard InChI is InChI=1S/C14H18O4/c1-2-11(15)18-12-9-3-8-4-10(12)7-14(5-8,6-9)13(16)17/h2,8-10,12H,1,3-7H2,(H,16,17)/p-1. The molecule has 4 bridgehead atoms. The summed E-state index contributed by atoms with van der Waals surface area (Å²) in [6.07, 6.45) is 5.01. The first-order valence-electron chi connectivity index (χ1n) is 6.58. The van der Waals surface area contributed by atoms with E-state index in [-0.39, 0.29) is 17.9 Å². The Bertz CT molecular complexity index is 398. The molecule has 2 atom stereocenters. The molecule has 4 aliphatic rings. The fourth-order valence-corrected chi connectivity index (χ4v) is 4.60. The number of hydrogen-bond donors (Lipinski definition) is 0. The number of rotatable bonds is 3.